The summed E-state index contributed by atoms with van der Waals surface area (Å²) in [6.07, 6.45) is -5.16. The van der Waals surface area contributed by atoms with Crippen LogP contribution < -0.4 is 14.8 Å². The second-order valence-corrected chi connectivity index (χ2v) is 9.87. The lowest BCUT2D eigenvalue weighted by atomic mass is 9.99. The van der Waals surface area contributed by atoms with E-state index in [1.54, 1.807) is 5.32 Å². The highest BCUT2D eigenvalue weighted by atomic mass is 32.2. The molecular formula is C22H21F5N2O5S. The molecule has 1 fully saturated rings. The van der Waals surface area contributed by atoms with E-state index in [1.165, 1.54) is 38.1 Å². The SMILES string of the molecule is CCS(=O)(=O)Oc1c(F)cccc1-c1ccc(C(C)NC(=O)C2(NC(=O)C(F)(F)F)CC2)c(F)c1. The van der Waals surface area contributed by atoms with Crippen molar-refractivity contribution in [2.75, 3.05) is 5.75 Å². The molecule has 1 aliphatic carbocycles. The van der Waals surface area contributed by atoms with Crippen LogP contribution in [0.1, 0.15) is 38.3 Å². The van der Waals surface area contributed by atoms with Crippen LogP contribution in [0.4, 0.5) is 22.0 Å². The lowest BCUT2D eigenvalue weighted by Gasteiger charge is -2.22. The minimum absolute atomic E-state index is 0.00217. The van der Waals surface area contributed by atoms with Crippen LogP contribution >= 0.6 is 0 Å². The molecule has 0 aromatic heterocycles. The normalized spacial score (nSPS) is 15.7. The second kappa shape index (κ2) is 9.44. The fraction of sp³-hybridized carbons (Fsp3) is 0.364. The van der Waals surface area contributed by atoms with Crippen LogP contribution in [0.2, 0.25) is 0 Å². The molecule has 0 aliphatic heterocycles. The molecule has 0 heterocycles. The van der Waals surface area contributed by atoms with Gasteiger partial charge in [-0.2, -0.15) is 21.6 Å². The number of alkyl halides is 3. The Kier molecular flexibility index (Phi) is 7.12. The van der Waals surface area contributed by atoms with E-state index in [9.17, 15) is 40.0 Å². The number of carbonyl (C=O) groups excluding carboxylic acids is 2. The van der Waals surface area contributed by atoms with Gasteiger partial charge in [-0.15, -0.1) is 0 Å². The Morgan fingerprint density at radius 2 is 1.77 bits per heavy atom. The largest absolute Gasteiger partial charge is 0.471 e. The number of amides is 2. The maximum absolute atomic E-state index is 14.9. The van der Waals surface area contributed by atoms with Gasteiger partial charge in [0.05, 0.1) is 11.8 Å². The number of carbonyl (C=O) groups is 2. The quantitative estimate of drug-likeness (QED) is 0.408. The van der Waals surface area contributed by atoms with Crippen LogP contribution in [0.15, 0.2) is 36.4 Å². The third kappa shape index (κ3) is 5.89. The van der Waals surface area contributed by atoms with Crippen molar-refractivity contribution in [2.45, 2.75) is 44.4 Å². The average Bonchev–Trinajstić information content (AvgIpc) is 3.55. The fourth-order valence-corrected chi connectivity index (χ4v) is 3.83. The van der Waals surface area contributed by atoms with Crippen molar-refractivity contribution < 1.29 is 44.1 Å². The van der Waals surface area contributed by atoms with Crippen molar-refractivity contribution in [3.8, 4) is 16.9 Å². The Balaban J connectivity index is 1.81. The summed E-state index contributed by atoms with van der Waals surface area (Å²) in [4.78, 5) is 23.7. The van der Waals surface area contributed by atoms with Gasteiger partial charge in [-0.25, -0.2) is 8.78 Å². The minimum Gasteiger partial charge on any atom is -0.379 e. The molecular weight excluding hydrogens is 499 g/mol. The second-order valence-electron chi connectivity index (χ2n) is 8.01. The zero-order valence-corrected chi connectivity index (χ0v) is 19.3. The van der Waals surface area contributed by atoms with Crippen molar-refractivity contribution in [2.24, 2.45) is 0 Å². The van der Waals surface area contributed by atoms with Gasteiger partial charge in [-0.3, -0.25) is 9.59 Å². The number of hydrogen-bond acceptors (Lipinski definition) is 5. The fourth-order valence-electron chi connectivity index (χ4n) is 3.29. The zero-order valence-electron chi connectivity index (χ0n) is 18.5. The van der Waals surface area contributed by atoms with E-state index in [2.05, 4.69) is 5.32 Å². The summed E-state index contributed by atoms with van der Waals surface area (Å²) in [6, 6.07) is 6.19. The number of nitrogens with one attached hydrogen (secondary N) is 2. The van der Waals surface area contributed by atoms with Gasteiger partial charge in [0.1, 0.15) is 11.4 Å². The highest BCUT2D eigenvalue weighted by molar-refractivity contribution is 7.87. The van der Waals surface area contributed by atoms with Crippen molar-refractivity contribution in [1.29, 1.82) is 0 Å². The summed E-state index contributed by atoms with van der Waals surface area (Å²) < 4.78 is 95.3. The number of para-hydroxylation sites is 1. The minimum atomic E-state index is -5.15. The molecule has 0 spiro atoms. The van der Waals surface area contributed by atoms with Crippen molar-refractivity contribution in [3.63, 3.8) is 0 Å². The monoisotopic (exact) mass is 520 g/mol. The van der Waals surface area contributed by atoms with Crippen LogP contribution in [-0.2, 0) is 19.7 Å². The van der Waals surface area contributed by atoms with E-state index < -0.39 is 62.8 Å². The average molecular weight is 520 g/mol. The molecule has 1 unspecified atom stereocenters. The maximum Gasteiger partial charge on any atom is 0.471 e. The van der Waals surface area contributed by atoms with Crippen LogP contribution in [0.3, 0.4) is 0 Å². The first-order chi connectivity index (χ1) is 16.2. The lowest BCUT2D eigenvalue weighted by molar-refractivity contribution is -0.175. The van der Waals surface area contributed by atoms with Crippen molar-refractivity contribution in [3.05, 3.63) is 53.6 Å². The van der Waals surface area contributed by atoms with E-state index in [4.69, 9.17) is 4.18 Å². The van der Waals surface area contributed by atoms with Gasteiger partial charge in [0.25, 0.3) is 0 Å². The first-order valence-electron chi connectivity index (χ1n) is 10.4. The van der Waals surface area contributed by atoms with Crippen LogP contribution in [0.25, 0.3) is 11.1 Å². The van der Waals surface area contributed by atoms with Gasteiger partial charge in [-0.1, -0.05) is 24.3 Å². The number of halogens is 5. The molecule has 2 aromatic carbocycles. The molecule has 7 nitrogen and oxygen atoms in total. The topological polar surface area (TPSA) is 102 Å². The molecule has 0 bridgehead atoms. The summed E-state index contributed by atoms with van der Waals surface area (Å²) >= 11 is 0. The summed E-state index contributed by atoms with van der Waals surface area (Å²) in [5.41, 5.74) is -1.70. The Hall–Kier alpha value is -3.22. The highest BCUT2D eigenvalue weighted by Gasteiger charge is 2.55. The molecule has 2 aromatic rings. The first kappa shape index (κ1) is 26.4. The lowest BCUT2D eigenvalue weighted by Crippen LogP contribution is -2.53. The Morgan fingerprint density at radius 3 is 2.31 bits per heavy atom. The van der Waals surface area contributed by atoms with E-state index in [0.29, 0.717) is 0 Å². The summed E-state index contributed by atoms with van der Waals surface area (Å²) in [5, 5.41) is 4.07. The van der Waals surface area contributed by atoms with Crippen LogP contribution in [-0.4, -0.2) is 37.7 Å². The van der Waals surface area contributed by atoms with Gasteiger partial charge < -0.3 is 14.8 Å². The smallest absolute Gasteiger partial charge is 0.379 e. The van der Waals surface area contributed by atoms with E-state index in [-0.39, 0.29) is 29.5 Å². The van der Waals surface area contributed by atoms with Gasteiger partial charge in [0.2, 0.25) is 5.91 Å². The highest BCUT2D eigenvalue weighted by Crippen LogP contribution is 2.38. The van der Waals surface area contributed by atoms with Gasteiger partial charge >= 0.3 is 22.2 Å². The summed E-state index contributed by atoms with van der Waals surface area (Å²) in [6.45, 7) is 2.70. The molecule has 2 amide bonds. The van der Waals surface area contributed by atoms with E-state index >= 15 is 0 Å². The Morgan fingerprint density at radius 1 is 1.11 bits per heavy atom. The van der Waals surface area contributed by atoms with Gasteiger partial charge in [-0.05, 0) is 44.4 Å². The molecule has 13 heteroatoms. The summed E-state index contributed by atoms with van der Waals surface area (Å²) in [5.74, 6) is -5.98. The zero-order chi connectivity index (χ0) is 26.2. The molecule has 1 atom stereocenters. The van der Waals surface area contributed by atoms with Gasteiger partial charge in [0.15, 0.2) is 11.6 Å². The third-order valence-electron chi connectivity index (χ3n) is 5.45. The van der Waals surface area contributed by atoms with Crippen molar-refractivity contribution in [1.82, 2.24) is 10.6 Å². The van der Waals surface area contributed by atoms with Crippen LogP contribution in [0, 0.1) is 11.6 Å². The molecule has 0 radical (unpaired) electrons. The number of benzene rings is 2. The first-order valence-corrected chi connectivity index (χ1v) is 12.0. The molecule has 0 saturated heterocycles. The van der Waals surface area contributed by atoms with Crippen LogP contribution in [0.5, 0.6) is 5.75 Å². The number of rotatable bonds is 8. The Labute approximate surface area is 197 Å². The standard InChI is InChI=1S/C22H21F5N2O5S/c1-3-35(32,33)34-18-15(5-4-6-16(18)23)13-7-8-14(17(24)11-13)12(2)28-19(30)21(9-10-21)29-20(31)22(25,26)27/h4-8,11-12H,3,9-10H2,1-2H3,(H,28,30)(H,29,31). The molecule has 35 heavy (non-hydrogen) atoms. The van der Waals surface area contributed by atoms with E-state index in [1.807, 2.05) is 0 Å². The predicted molar refractivity (Wildman–Crippen MR) is 115 cm³/mol. The Bertz CT molecular complexity index is 1260. The van der Waals surface area contributed by atoms with Crippen molar-refractivity contribution >= 4 is 21.9 Å². The predicted octanol–water partition coefficient (Wildman–Crippen LogP) is 3.75. The maximum atomic E-state index is 14.9. The molecule has 2 N–H and O–H groups in total. The third-order valence-corrected chi connectivity index (χ3v) is 6.58. The number of hydrogen-bond donors (Lipinski definition) is 2. The van der Waals surface area contributed by atoms with Gasteiger partial charge in [0, 0.05) is 11.1 Å². The molecule has 3 rings (SSSR count). The molecule has 1 aliphatic rings. The molecule has 190 valence electrons. The summed E-state index contributed by atoms with van der Waals surface area (Å²) in [7, 11) is -4.08. The molecule has 1 saturated carbocycles. The van der Waals surface area contributed by atoms with E-state index in [0.717, 1.165) is 12.1 Å².